The Morgan fingerprint density at radius 3 is 2.44 bits per heavy atom. The summed E-state index contributed by atoms with van der Waals surface area (Å²) in [5, 5.41) is 5.77. The molecule has 0 radical (unpaired) electrons. The van der Waals surface area contributed by atoms with E-state index in [1.165, 1.54) is 25.3 Å². The van der Waals surface area contributed by atoms with Crippen LogP contribution in [-0.4, -0.2) is 55.6 Å². The Kier molecular flexibility index (Phi) is 6.90. The number of piperazine rings is 1. The largest absolute Gasteiger partial charge is 0.366 e. The lowest BCUT2D eigenvalue weighted by Gasteiger charge is -2.36. The van der Waals surface area contributed by atoms with Crippen molar-refractivity contribution in [3.05, 3.63) is 30.1 Å². The van der Waals surface area contributed by atoms with Gasteiger partial charge in [0, 0.05) is 45.2 Å². The zero-order valence-corrected chi connectivity index (χ0v) is 15.8. The number of hydrogen-bond acceptors (Lipinski definition) is 3. The summed E-state index contributed by atoms with van der Waals surface area (Å²) >= 11 is 0. The van der Waals surface area contributed by atoms with E-state index in [1.54, 1.807) is 17.0 Å². The highest BCUT2D eigenvalue weighted by atomic mass is 19.1. The number of hydrogen-bond donors (Lipinski definition) is 2. The molecule has 0 atom stereocenters. The van der Waals surface area contributed by atoms with Gasteiger partial charge in [-0.25, -0.2) is 9.18 Å². The predicted octanol–water partition coefficient (Wildman–Crippen LogP) is 2.50. The summed E-state index contributed by atoms with van der Waals surface area (Å²) < 4.78 is 13.9. The third-order valence-corrected chi connectivity index (χ3v) is 5.39. The Morgan fingerprint density at radius 2 is 1.74 bits per heavy atom. The summed E-state index contributed by atoms with van der Waals surface area (Å²) in [6, 6.07) is 6.80. The zero-order chi connectivity index (χ0) is 19.1. The first-order valence-corrected chi connectivity index (χ1v) is 9.95. The third-order valence-electron chi connectivity index (χ3n) is 5.39. The monoisotopic (exact) mass is 376 g/mol. The van der Waals surface area contributed by atoms with E-state index < -0.39 is 0 Å². The van der Waals surface area contributed by atoms with E-state index in [-0.39, 0.29) is 30.2 Å². The first kappa shape index (κ1) is 19.5. The Hall–Kier alpha value is -2.31. The SMILES string of the molecule is O=C(NCCC(=O)N1CCN(c2ccccc2F)CC1)NC1CCCCC1. The number of carbonyl (C=O) groups excluding carboxylic acids is 2. The fraction of sp³-hybridized carbons (Fsp3) is 0.600. The molecule has 3 rings (SSSR count). The number of nitrogens with one attached hydrogen (secondary N) is 2. The van der Waals surface area contributed by atoms with Gasteiger partial charge in [0.1, 0.15) is 5.82 Å². The molecule has 27 heavy (non-hydrogen) atoms. The topological polar surface area (TPSA) is 64.7 Å². The maximum Gasteiger partial charge on any atom is 0.315 e. The lowest BCUT2D eigenvalue weighted by Crippen LogP contribution is -2.50. The molecule has 2 fully saturated rings. The van der Waals surface area contributed by atoms with E-state index in [2.05, 4.69) is 10.6 Å². The Labute approximate surface area is 160 Å². The summed E-state index contributed by atoms with van der Waals surface area (Å²) in [7, 11) is 0. The van der Waals surface area contributed by atoms with Gasteiger partial charge in [0.25, 0.3) is 0 Å². The molecule has 148 valence electrons. The number of rotatable bonds is 5. The van der Waals surface area contributed by atoms with E-state index in [9.17, 15) is 14.0 Å². The molecule has 2 aliphatic rings. The minimum atomic E-state index is -0.231. The average Bonchev–Trinajstić information content (AvgIpc) is 2.69. The first-order valence-electron chi connectivity index (χ1n) is 9.95. The third kappa shape index (κ3) is 5.58. The Morgan fingerprint density at radius 1 is 1.04 bits per heavy atom. The van der Waals surface area contributed by atoms with Crippen molar-refractivity contribution in [1.29, 1.82) is 0 Å². The van der Waals surface area contributed by atoms with Gasteiger partial charge in [-0.1, -0.05) is 31.4 Å². The molecular formula is C20H29FN4O2. The summed E-state index contributed by atoms with van der Waals surface area (Å²) in [5.41, 5.74) is 0.589. The molecule has 1 saturated carbocycles. The molecule has 0 unspecified atom stereocenters. The molecule has 1 aromatic rings. The summed E-state index contributed by atoms with van der Waals surface area (Å²) in [5.74, 6) is -0.202. The van der Waals surface area contributed by atoms with E-state index in [0.29, 0.717) is 38.4 Å². The van der Waals surface area contributed by atoms with E-state index in [0.717, 1.165) is 12.8 Å². The summed E-state index contributed by atoms with van der Waals surface area (Å²) in [6.07, 6.45) is 5.96. The fourth-order valence-electron chi connectivity index (χ4n) is 3.83. The second-order valence-corrected chi connectivity index (χ2v) is 7.30. The average molecular weight is 376 g/mol. The van der Waals surface area contributed by atoms with Crippen molar-refractivity contribution in [3.63, 3.8) is 0 Å². The van der Waals surface area contributed by atoms with Crippen LogP contribution in [0.2, 0.25) is 0 Å². The minimum Gasteiger partial charge on any atom is -0.366 e. The van der Waals surface area contributed by atoms with Crippen molar-refractivity contribution in [1.82, 2.24) is 15.5 Å². The van der Waals surface area contributed by atoms with Gasteiger partial charge in [0.05, 0.1) is 5.69 Å². The molecule has 0 aromatic heterocycles. The Bertz CT molecular complexity index is 641. The van der Waals surface area contributed by atoms with Gasteiger partial charge in [-0.05, 0) is 25.0 Å². The van der Waals surface area contributed by atoms with Crippen LogP contribution < -0.4 is 15.5 Å². The van der Waals surface area contributed by atoms with Crippen LogP contribution in [0.4, 0.5) is 14.9 Å². The van der Waals surface area contributed by atoms with Crippen LogP contribution in [0.25, 0.3) is 0 Å². The number of carbonyl (C=O) groups is 2. The molecule has 3 amide bonds. The molecule has 2 N–H and O–H groups in total. The van der Waals surface area contributed by atoms with Gasteiger partial charge in [-0.15, -0.1) is 0 Å². The number of benzene rings is 1. The molecule has 6 nitrogen and oxygen atoms in total. The summed E-state index contributed by atoms with van der Waals surface area (Å²) in [4.78, 5) is 28.0. The number of amides is 3. The predicted molar refractivity (Wildman–Crippen MR) is 103 cm³/mol. The van der Waals surface area contributed by atoms with Crippen molar-refractivity contribution in [2.24, 2.45) is 0 Å². The van der Waals surface area contributed by atoms with Crippen LogP contribution in [0.5, 0.6) is 0 Å². The number of anilines is 1. The molecule has 0 spiro atoms. The minimum absolute atomic E-state index is 0.0288. The molecular weight excluding hydrogens is 347 g/mol. The van der Waals surface area contributed by atoms with Gasteiger partial charge in [-0.2, -0.15) is 0 Å². The molecule has 0 bridgehead atoms. The second-order valence-electron chi connectivity index (χ2n) is 7.30. The van der Waals surface area contributed by atoms with Gasteiger partial charge < -0.3 is 20.4 Å². The van der Waals surface area contributed by atoms with E-state index in [4.69, 9.17) is 0 Å². The fourth-order valence-corrected chi connectivity index (χ4v) is 3.83. The number of halogens is 1. The van der Waals surface area contributed by atoms with Crippen LogP contribution >= 0.6 is 0 Å². The first-order chi connectivity index (χ1) is 13.1. The summed E-state index contributed by atoms with van der Waals surface area (Å²) in [6.45, 7) is 2.71. The molecule has 1 aliphatic carbocycles. The van der Waals surface area contributed by atoms with Crippen LogP contribution in [0.1, 0.15) is 38.5 Å². The quantitative estimate of drug-likeness (QED) is 0.830. The molecule has 1 heterocycles. The second kappa shape index (κ2) is 9.58. The smallest absolute Gasteiger partial charge is 0.315 e. The lowest BCUT2D eigenvalue weighted by molar-refractivity contribution is -0.131. The number of nitrogens with zero attached hydrogens (tertiary/aromatic N) is 2. The van der Waals surface area contributed by atoms with Gasteiger partial charge in [-0.3, -0.25) is 4.79 Å². The number of para-hydroxylation sites is 1. The highest BCUT2D eigenvalue weighted by Gasteiger charge is 2.22. The van der Waals surface area contributed by atoms with E-state index in [1.807, 2.05) is 11.0 Å². The number of urea groups is 1. The molecule has 1 aliphatic heterocycles. The molecule has 7 heteroatoms. The highest BCUT2D eigenvalue weighted by molar-refractivity contribution is 5.78. The van der Waals surface area contributed by atoms with Gasteiger partial charge in [0.15, 0.2) is 0 Å². The van der Waals surface area contributed by atoms with Crippen molar-refractivity contribution < 1.29 is 14.0 Å². The highest BCUT2D eigenvalue weighted by Crippen LogP contribution is 2.20. The van der Waals surface area contributed by atoms with Gasteiger partial charge in [0.2, 0.25) is 5.91 Å². The maximum atomic E-state index is 13.9. The standard InChI is InChI=1S/C20H29FN4O2/c21-17-8-4-5-9-18(17)24-12-14-25(15-13-24)19(26)10-11-22-20(27)23-16-6-2-1-3-7-16/h4-5,8-9,16H,1-3,6-7,10-15H2,(H2,22,23,27). The zero-order valence-electron chi connectivity index (χ0n) is 15.8. The Balaban J connectivity index is 1.34. The molecule has 1 aromatic carbocycles. The van der Waals surface area contributed by atoms with E-state index >= 15 is 0 Å². The van der Waals surface area contributed by atoms with Crippen LogP contribution in [0, 0.1) is 5.82 Å². The molecule has 1 saturated heterocycles. The van der Waals surface area contributed by atoms with Crippen LogP contribution in [0.3, 0.4) is 0 Å². The van der Waals surface area contributed by atoms with Crippen LogP contribution in [0.15, 0.2) is 24.3 Å². The van der Waals surface area contributed by atoms with Crippen molar-refractivity contribution in [2.75, 3.05) is 37.6 Å². The normalized spacial score (nSPS) is 18.3. The maximum absolute atomic E-state index is 13.9. The van der Waals surface area contributed by atoms with Crippen LogP contribution in [-0.2, 0) is 4.79 Å². The lowest BCUT2D eigenvalue weighted by atomic mass is 9.96. The van der Waals surface area contributed by atoms with Gasteiger partial charge >= 0.3 is 6.03 Å². The van der Waals surface area contributed by atoms with Crippen molar-refractivity contribution in [3.8, 4) is 0 Å². The van der Waals surface area contributed by atoms with Crippen molar-refractivity contribution >= 4 is 17.6 Å². The van der Waals surface area contributed by atoms with Crippen molar-refractivity contribution in [2.45, 2.75) is 44.6 Å².